The Morgan fingerprint density at radius 3 is 2.12 bits per heavy atom. The summed E-state index contributed by atoms with van der Waals surface area (Å²) in [4.78, 5) is 36.9. The number of nitro benzene ring substituents is 1. The SMILES string of the molecule is CCOC(=O)c1c(C(=O)c2ccc([N+](=O)[O-])cc2)nn(-c2ccccc2)c1-c1ccccc1. The van der Waals surface area contributed by atoms with Gasteiger partial charge in [-0.15, -0.1) is 0 Å². The molecule has 0 bridgehead atoms. The molecule has 4 rings (SSSR count). The number of carbonyl (C=O) groups is 2. The highest BCUT2D eigenvalue weighted by atomic mass is 16.6. The van der Waals surface area contributed by atoms with E-state index in [4.69, 9.17) is 4.74 Å². The quantitative estimate of drug-likeness (QED) is 0.176. The highest BCUT2D eigenvalue weighted by molar-refractivity contribution is 6.15. The lowest BCUT2D eigenvalue weighted by Gasteiger charge is -2.10. The zero-order valence-electron chi connectivity index (χ0n) is 17.7. The summed E-state index contributed by atoms with van der Waals surface area (Å²) in [6.45, 7) is 1.80. The van der Waals surface area contributed by atoms with E-state index in [0.29, 0.717) is 16.9 Å². The molecule has 4 aromatic rings. The number of nitrogens with zero attached hydrogens (tertiary/aromatic N) is 3. The van der Waals surface area contributed by atoms with Crippen LogP contribution in [0.3, 0.4) is 0 Å². The van der Waals surface area contributed by atoms with Gasteiger partial charge in [-0.25, -0.2) is 9.48 Å². The second kappa shape index (κ2) is 9.27. The van der Waals surface area contributed by atoms with Crippen LogP contribution in [-0.4, -0.2) is 33.1 Å². The number of hydrogen-bond acceptors (Lipinski definition) is 6. The van der Waals surface area contributed by atoms with Crippen molar-refractivity contribution in [2.45, 2.75) is 6.92 Å². The number of ether oxygens (including phenoxy) is 1. The molecule has 0 atom stereocenters. The first-order valence-electron chi connectivity index (χ1n) is 10.2. The largest absolute Gasteiger partial charge is 0.462 e. The van der Waals surface area contributed by atoms with Gasteiger partial charge in [0, 0.05) is 23.3 Å². The summed E-state index contributed by atoms with van der Waals surface area (Å²) >= 11 is 0. The molecule has 0 aliphatic rings. The molecule has 1 aromatic heterocycles. The van der Waals surface area contributed by atoms with Crippen LogP contribution in [0.25, 0.3) is 16.9 Å². The number of aromatic nitrogens is 2. The number of esters is 1. The van der Waals surface area contributed by atoms with Gasteiger partial charge in [-0.2, -0.15) is 5.10 Å². The van der Waals surface area contributed by atoms with Crippen molar-refractivity contribution in [2.24, 2.45) is 0 Å². The smallest absolute Gasteiger partial charge is 0.342 e. The highest BCUT2D eigenvalue weighted by Crippen LogP contribution is 2.31. The van der Waals surface area contributed by atoms with E-state index in [0.717, 1.165) is 0 Å². The maximum atomic E-state index is 13.4. The van der Waals surface area contributed by atoms with Gasteiger partial charge in [-0.05, 0) is 31.2 Å². The Bertz CT molecular complexity index is 1310. The van der Waals surface area contributed by atoms with E-state index >= 15 is 0 Å². The minimum Gasteiger partial charge on any atom is -0.462 e. The molecule has 0 saturated heterocycles. The van der Waals surface area contributed by atoms with Crippen LogP contribution in [0, 0.1) is 10.1 Å². The minimum atomic E-state index is -0.677. The summed E-state index contributed by atoms with van der Waals surface area (Å²) in [5.74, 6) is -1.22. The van der Waals surface area contributed by atoms with Crippen LogP contribution in [0.4, 0.5) is 5.69 Å². The van der Waals surface area contributed by atoms with Gasteiger partial charge in [-0.3, -0.25) is 14.9 Å². The average Bonchev–Trinajstić information content (AvgIpc) is 3.26. The van der Waals surface area contributed by atoms with Gasteiger partial charge in [0.25, 0.3) is 5.69 Å². The Balaban J connectivity index is 1.96. The van der Waals surface area contributed by atoms with E-state index in [1.54, 1.807) is 11.6 Å². The van der Waals surface area contributed by atoms with Crippen molar-refractivity contribution in [2.75, 3.05) is 6.61 Å². The van der Waals surface area contributed by atoms with Gasteiger partial charge < -0.3 is 4.74 Å². The summed E-state index contributed by atoms with van der Waals surface area (Å²) in [7, 11) is 0. The first-order chi connectivity index (χ1) is 16.0. The molecule has 8 heteroatoms. The summed E-state index contributed by atoms with van der Waals surface area (Å²) < 4.78 is 6.82. The third kappa shape index (κ3) is 4.27. The van der Waals surface area contributed by atoms with Gasteiger partial charge in [0.1, 0.15) is 11.3 Å². The molecule has 164 valence electrons. The van der Waals surface area contributed by atoms with Crippen LogP contribution < -0.4 is 0 Å². The van der Waals surface area contributed by atoms with Gasteiger partial charge >= 0.3 is 5.97 Å². The number of hydrogen-bond donors (Lipinski definition) is 0. The molecule has 3 aromatic carbocycles. The van der Waals surface area contributed by atoms with Gasteiger partial charge in [-0.1, -0.05) is 48.5 Å². The van der Waals surface area contributed by atoms with Crippen LogP contribution in [0.1, 0.15) is 33.3 Å². The van der Waals surface area contributed by atoms with Crippen LogP contribution in [0.5, 0.6) is 0 Å². The second-order valence-electron chi connectivity index (χ2n) is 7.04. The van der Waals surface area contributed by atoms with Crippen molar-refractivity contribution < 1.29 is 19.2 Å². The maximum Gasteiger partial charge on any atom is 0.342 e. The van der Waals surface area contributed by atoms with Gasteiger partial charge in [0.05, 0.1) is 22.9 Å². The minimum absolute atomic E-state index is 0.0373. The fourth-order valence-electron chi connectivity index (χ4n) is 3.46. The Labute approximate surface area is 189 Å². The molecular formula is C25H19N3O5. The number of benzene rings is 3. The van der Waals surface area contributed by atoms with Crippen LogP contribution >= 0.6 is 0 Å². The zero-order chi connectivity index (χ0) is 23.4. The van der Waals surface area contributed by atoms with E-state index in [2.05, 4.69) is 5.10 Å². The number of rotatable bonds is 7. The molecule has 0 aliphatic carbocycles. The molecule has 0 radical (unpaired) electrons. The van der Waals surface area contributed by atoms with E-state index in [1.165, 1.54) is 24.3 Å². The molecule has 0 aliphatic heterocycles. The fraction of sp³-hybridized carbons (Fsp3) is 0.0800. The summed E-state index contributed by atoms with van der Waals surface area (Å²) in [6.07, 6.45) is 0. The molecule has 33 heavy (non-hydrogen) atoms. The fourth-order valence-corrected chi connectivity index (χ4v) is 3.46. The molecule has 0 spiro atoms. The van der Waals surface area contributed by atoms with Crippen molar-refractivity contribution in [3.05, 3.63) is 112 Å². The normalized spacial score (nSPS) is 10.6. The van der Waals surface area contributed by atoms with Crippen molar-refractivity contribution in [1.82, 2.24) is 9.78 Å². The number of nitro groups is 1. The molecule has 8 nitrogen and oxygen atoms in total. The highest BCUT2D eigenvalue weighted by Gasteiger charge is 2.31. The second-order valence-corrected chi connectivity index (χ2v) is 7.04. The Morgan fingerprint density at radius 2 is 1.55 bits per heavy atom. The van der Waals surface area contributed by atoms with Crippen molar-refractivity contribution >= 4 is 17.4 Å². The van der Waals surface area contributed by atoms with Crippen LogP contribution in [0.15, 0.2) is 84.9 Å². The Kier molecular flexibility index (Phi) is 6.08. The van der Waals surface area contributed by atoms with E-state index in [-0.39, 0.29) is 29.1 Å². The molecule has 0 N–H and O–H groups in total. The van der Waals surface area contributed by atoms with E-state index < -0.39 is 16.7 Å². The predicted octanol–water partition coefficient (Wildman–Crippen LogP) is 4.86. The van der Waals surface area contributed by atoms with E-state index in [1.807, 2.05) is 60.7 Å². The van der Waals surface area contributed by atoms with Gasteiger partial charge in [0.15, 0.2) is 0 Å². The maximum absolute atomic E-state index is 13.4. The molecule has 0 fully saturated rings. The molecule has 0 saturated carbocycles. The first-order valence-corrected chi connectivity index (χ1v) is 10.2. The van der Waals surface area contributed by atoms with Gasteiger partial charge in [0.2, 0.25) is 5.78 Å². The molecular weight excluding hydrogens is 422 g/mol. The summed E-state index contributed by atoms with van der Waals surface area (Å²) in [5.41, 5.74) is 1.73. The van der Waals surface area contributed by atoms with Crippen molar-refractivity contribution in [3.8, 4) is 16.9 Å². The lowest BCUT2D eigenvalue weighted by molar-refractivity contribution is -0.384. The molecule has 0 unspecified atom stereocenters. The Hall–Kier alpha value is -4.59. The standard InChI is InChI=1S/C25H19N3O5/c1-2-33-25(30)21-22(24(29)18-13-15-20(16-14-18)28(31)32)26-27(19-11-7-4-8-12-19)23(21)17-9-5-3-6-10-17/h3-16H,2H2,1H3. The lowest BCUT2D eigenvalue weighted by Crippen LogP contribution is -2.12. The monoisotopic (exact) mass is 441 g/mol. The lowest BCUT2D eigenvalue weighted by atomic mass is 10.0. The summed E-state index contributed by atoms with van der Waals surface area (Å²) in [5, 5.41) is 15.5. The molecule has 0 amide bonds. The predicted molar refractivity (Wildman–Crippen MR) is 121 cm³/mol. The van der Waals surface area contributed by atoms with Crippen molar-refractivity contribution in [1.29, 1.82) is 0 Å². The summed E-state index contributed by atoms with van der Waals surface area (Å²) in [6, 6.07) is 23.4. The topological polar surface area (TPSA) is 104 Å². The average molecular weight is 441 g/mol. The Morgan fingerprint density at radius 1 is 0.939 bits per heavy atom. The van der Waals surface area contributed by atoms with Crippen LogP contribution in [0.2, 0.25) is 0 Å². The number of non-ortho nitro benzene ring substituents is 1. The van der Waals surface area contributed by atoms with Crippen LogP contribution in [-0.2, 0) is 4.74 Å². The number of ketones is 1. The number of para-hydroxylation sites is 1. The molecule has 1 heterocycles. The number of carbonyl (C=O) groups excluding carboxylic acids is 2. The third-order valence-corrected chi connectivity index (χ3v) is 4.97. The van der Waals surface area contributed by atoms with E-state index in [9.17, 15) is 19.7 Å². The first kappa shape index (κ1) is 21.6. The zero-order valence-corrected chi connectivity index (χ0v) is 17.7. The van der Waals surface area contributed by atoms with Crippen molar-refractivity contribution in [3.63, 3.8) is 0 Å². The third-order valence-electron chi connectivity index (χ3n) is 4.97.